The van der Waals surface area contributed by atoms with E-state index in [2.05, 4.69) is 25.5 Å². The van der Waals surface area contributed by atoms with Crippen molar-refractivity contribution in [2.24, 2.45) is 0 Å². The summed E-state index contributed by atoms with van der Waals surface area (Å²) in [5.74, 6) is 1.54. The van der Waals surface area contributed by atoms with E-state index in [1.54, 1.807) is 4.68 Å². The van der Waals surface area contributed by atoms with Crippen molar-refractivity contribution in [2.45, 2.75) is 19.8 Å². The summed E-state index contributed by atoms with van der Waals surface area (Å²) in [6.45, 7) is 7.89. The molecule has 7 nitrogen and oxygen atoms in total. The lowest BCUT2D eigenvalue weighted by Gasteiger charge is -2.26. The van der Waals surface area contributed by atoms with Crippen LogP contribution in [0.4, 0.5) is 5.82 Å². The molecule has 1 N–H and O–H groups in total. The van der Waals surface area contributed by atoms with Crippen molar-refractivity contribution < 1.29 is 4.74 Å². The molecular weight excluding hydrogens is 292 g/mol. The minimum Gasteiger partial charge on any atom is -0.379 e. The highest BCUT2D eigenvalue weighted by atomic mass is 16.5. The maximum atomic E-state index is 5.35. The Balaban J connectivity index is 1.37. The molecule has 0 bridgehead atoms. The van der Waals surface area contributed by atoms with Gasteiger partial charge in [-0.3, -0.25) is 4.90 Å². The van der Waals surface area contributed by atoms with Crippen molar-refractivity contribution in [2.75, 3.05) is 44.7 Å². The van der Waals surface area contributed by atoms with E-state index >= 15 is 0 Å². The highest BCUT2D eigenvalue weighted by Crippen LogP contribution is 2.07. The summed E-state index contributed by atoms with van der Waals surface area (Å²) in [5, 5.41) is 16.0. The minimum atomic E-state index is 0.732. The van der Waals surface area contributed by atoms with Crippen LogP contribution in [0.15, 0.2) is 24.4 Å². The molecule has 2 aromatic heterocycles. The molecule has 2 aromatic rings. The average Bonchev–Trinajstić information content (AvgIpc) is 3.03. The molecule has 7 heteroatoms. The number of anilines is 1. The van der Waals surface area contributed by atoms with Gasteiger partial charge in [0.15, 0.2) is 5.82 Å². The molecule has 0 spiro atoms. The fourth-order valence-electron chi connectivity index (χ4n) is 2.59. The molecule has 124 valence electrons. The van der Waals surface area contributed by atoms with E-state index < -0.39 is 0 Å². The van der Waals surface area contributed by atoms with Crippen LogP contribution in [0.5, 0.6) is 0 Å². The van der Waals surface area contributed by atoms with E-state index in [1.807, 2.05) is 31.3 Å². The van der Waals surface area contributed by atoms with Gasteiger partial charge < -0.3 is 10.1 Å². The fourth-order valence-corrected chi connectivity index (χ4v) is 2.59. The zero-order chi connectivity index (χ0) is 15.9. The van der Waals surface area contributed by atoms with Gasteiger partial charge in [0.1, 0.15) is 5.82 Å². The number of aromatic nitrogens is 4. The quantitative estimate of drug-likeness (QED) is 0.781. The van der Waals surface area contributed by atoms with Crippen LogP contribution in [-0.4, -0.2) is 64.3 Å². The van der Waals surface area contributed by atoms with Crippen LogP contribution in [0.3, 0.4) is 0 Å². The zero-order valence-corrected chi connectivity index (χ0v) is 13.6. The van der Waals surface area contributed by atoms with Crippen molar-refractivity contribution >= 4 is 5.82 Å². The first kappa shape index (κ1) is 15.9. The van der Waals surface area contributed by atoms with E-state index in [4.69, 9.17) is 4.74 Å². The first-order valence-electron chi connectivity index (χ1n) is 8.21. The second-order valence-corrected chi connectivity index (χ2v) is 5.77. The zero-order valence-electron chi connectivity index (χ0n) is 13.6. The number of morpholine rings is 1. The Kier molecular flexibility index (Phi) is 5.55. The lowest BCUT2D eigenvalue weighted by molar-refractivity contribution is 0.0373. The summed E-state index contributed by atoms with van der Waals surface area (Å²) in [6.07, 6.45) is 4.20. The third-order valence-corrected chi connectivity index (χ3v) is 3.92. The third-order valence-electron chi connectivity index (χ3n) is 3.92. The number of nitrogens with one attached hydrogen (secondary N) is 1. The normalized spacial score (nSPS) is 15.7. The van der Waals surface area contributed by atoms with Crippen LogP contribution >= 0.6 is 0 Å². The van der Waals surface area contributed by atoms with Crippen molar-refractivity contribution in [1.82, 2.24) is 24.9 Å². The number of unbranched alkanes of at least 4 members (excludes halogenated alkanes) is 1. The summed E-state index contributed by atoms with van der Waals surface area (Å²) < 4.78 is 7.08. The summed E-state index contributed by atoms with van der Waals surface area (Å²) in [6, 6.07) is 5.82. The predicted molar refractivity (Wildman–Crippen MR) is 88.9 cm³/mol. The molecule has 23 heavy (non-hydrogen) atoms. The van der Waals surface area contributed by atoms with Crippen LogP contribution in [0.2, 0.25) is 0 Å². The van der Waals surface area contributed by atoms with Gasteiger partial charge in [0.25, 0.3) is 0 Å². The Hall–Kier alpha value is -1.99. The first-order chi connectivity index (χ1) is 11.3. The molecule has 0 saturated carbocycles. The molecule has 3 rings (SSSR count). The van der Waals surface area contributed by atoms with Crippen molar-refractivity contribution in [1.29, 1.82) is 0 Å². The Morgan fingerprint density at radius 2 is 2.00 bits per heavy atom. The number of hydrogen-bond acceptors (Lipinski definition) is 6. The van der Waals surface area contributed by atoms with Gasteiger partial charge in [-0.15, -0.1) is 10.2 Å². The standard InChI is InChI=1S/C16H24N6O/c1-14-6-9-22(20-14)16-5-4-15(18-19-16)17-7-2-3-8-21-10-12-23-13-11-21/h4-6,9H,2-3,7-8,10-13H2,1H3,(H,17,18). The highest BCUT2D eigenvalue weighted by molar-refractivity contribution is 5.36. The topological polar surface area (TPSA) is 68.1 Å². The van der Waals surface area contributed by atoms with Gasteiger partial charge in [0, 0.05) is 25.8 Å². The molecule has 0 radical (unpaired) electrons. The van der Waals surface area contributed by atoms with E-state index in [0.717, 1.165) is 63.1 Å². The number of nitrogens with zero attached hydrogens (tertiary/aromatic N) is 5. The third kappa shape index (κ3) is 4.74. The molecule has 0 amide bonds. The van der Waals surface area contributed by atoms with Crippen LogP contribution in [0.1, 0.15) is 18.5 Å². The van der Waals surface area contributed by atoms with Crippen LogP contribution < -0.4 is 5.32 Å². The summed E-state index contributed by atoms with van der Waals surface area (Å²) >= 11 is 0. The molecule has 0 unspecified atom stereocenters. The van der Waals surface area contributed by atoms with Crippen molar-refractivity contribution in [3.05, 3.63) is 30.1 Å². The van der Waals surface area contributed by atoms with Crippen LogP contribution in [-0.2, 0) is 4.74 Å². The van der Waals surface area contributed by atoms with Gasteiger partial charge >= 0.3 is 0 Å². The van der Waals surface area contributed by atoms with E-state index in [1.165, 1.54) is 6.42 Å². The van der Waals surface area contributed by atoms with Gasteiger partial charge in [-0.25, -0.2) is 4.68 Å². The molecule has 3 heterocycles. The van der Waals surface area contributed by atoms with E-state index in [-0.39, 0.29) is 0 Å². The van der Waals surface area contributed by atoms with Gasteiger partial charge in [-0.2, -0.15) is 5.10 Å². The maximum absolute atomic E-state index is 5.35. The predicted octanol–water partition coefficient (Wildman–Crippen LogP) is 1.50. The Bertz CT molecular complexity index is 591. The minimum absolute atomic E-state index is 0.732. The summed E-state index contributed by atoms with van der Waals surface area (Å²) in [7, 11) is 0. The molecule has 1 aliphatic heterocycles. The molecular formula is C16H24N6O. The average molecular weight is 316 g/mol. The second-order valence-electron chi connectivity index (χ2n) is 5.77. The van der Waals surface area contributed by atoms with E-state index in [9.17, 15) is 0 Å². The highest BCUT2D eigenvalue weighted by Gasteiger charge is 2.09. The van der Waals surface area contributed by atoms with Gasteiger partial charge in [-0.05, 0) is 44.5 Å². The van der Waals surface area contributed by atoms with Gasteiger partial charge in [-0.1, -0.05) is 0 Å². The smallest absolute Gasteiger partial charge is 0.175 e. The van der Waals surface area contributed by atoms with Gasteiger partial charge in [0.2, 0.25) is 0 Å². The number of aryl methyl sites for hydroxylation is 1. The molecule has 1 aliphatic rings. The molecule has 0 aliphatic carbocycles. The Morgan fingerprint density at radius 3 is 2.70 bits per heavy atom. The SMILES string of the molecule is Cc1ccn(-c2ccc(NCCCCN3CCOCC3)nn2)n1. The molecule has 0 aromatic carbocycles. The number of ether oxygens (including phenoxy) is 1. The lowest BCUT2D eigenvalue weighted by atomic mass is 10.2. The fraction of sp³-hybridized carbons (Fsp3) is 0.562. The Morgan fingerprint density at radius 1 is 1.13 bits per heavy atom. The van der Waals surface area contributed by atoms with Crippen molar-refractivity contribution in [3.8, 4) is 5.82 Å². The monoisotopic (exact) mass is 316 g/mol. The molecule has 1 fully saturated rings. The number of rotatable bonds is 7. The van der Waals surface area contributed by atoms with Crippen LogP contribution in [0.25, 0.3) is 5.82 Å². The number of hydrogen-bond donors (Lipinski definition) is 1. The van der Waals surface area contributed by atoms with Crippen molar-refractivity contribution in [3.63, 3.8) is 0 Å². The molecule has 0 atom stereocenters. The lowest BCUT2D eigenvalue weighted by Crippen LogP contribution is -2.36. The van der Waals surface area contributed by atoms with Gasteiger partial charge in [0.05, 0.1) is 18.9 Å². The molecule has 1 saturated heterocycles. The largest absolute Gasteiger partial charge is 0.379 e. The summed E-state index contributed by atoms with van der Waals surface area (Å²) in [4.78, 5) is 2.46. The summed E-state index contributed by atoms with van der Waals surface area (Å²) in [5.41, 5.74) is 0.967. The first-order valence-corrected chi connectivity index (χ1v) is 8.21. The van der Waals surface area contributed by atoms with Crippen LogP contribution in [0, 0.1) is 6.92 Å². The maximum Gasteiger partial charge on any atom is 0.175 e. The second kappa shape index (κ2) is 8.03. The van der Waals surface area contributed by atoms with E-state index in [0.29, 0.717) is 0 Å². The Labute approximate surface area is 136 Å².